The van der Waals surface area contributed by atoms with Crippen LogP contribution in [0.4, 0.5) is 10.5 Å². The Morgan fingerprint density at radius 1 is 1.25 bits per heavy atom. The number of urea groups is 1. The third-order valence-corrected chi connectivity index (χ3v) is 7.91. The quantitative estimate of drug-likeness (QED) is 0.482. The molecule has 2 aliphatic rings. The number of carbonyl (C=O) groups is 3. The van der Waals surface area contributed by atoms with Crippen molar-refractivity contribution < 1.29 is 24.2 Å². The molecule has 2 heterocycles. The normalized spacial score (nSPS) is 20.6. The minimum Gasteiger partial charge on any atom is -0.485 e. The zero-order chi connectivity index (χ0) is 29.0. The number of carbonyl (C=O) groups excluding carboxylic acids is 3. The van der Waals surface area contributed by atoms with Crippen LogP contribution in [0.25, 0.3) is 0 Å². The van der Waals surface area contributed by atoms with Gasteiger partial charge in [-0.25, -0.2) is 4.79 Å². The Bertz CT molecular complexity index is 1220. The smallest absolute Gasteiger partial charge is 0.317 e. The van der Waals surface area contributed by atoms with E-state index in [4.69, 9.17) is 4.74 Å². The van der Waals surface area contributed by atoms with Crippen molar-refractivity contribution in [1.82, 2.24) is 24.9 Å². The van der Waals surface area contributed by atoms with Gasteiger partial charge < -0.3 is 30.3 Å². The molecule has 11 heteroatoms. The zero-order valence-corrected chi connectivity index (χ0v) is 24.1. The van der Waals surface area contributed by atoms with Gasteiger partial charge in [0.15, 0.2) is 5.75 Å². The van der Waals surface area contributed by atoms with Gasteiger partial charge in [0.25, 0.3) is 11.8 Å². The number of para-hydroxylation sites is 1. The largest absolute Gasteiger partial charge is 0.485 e. The number of rotatable bonds is 7. The highest BCUT2D eigenvalue weighted by molar-refractivity contribution is 6.06. The molecule has 0 radical (unpaired) electrons. The molecule has 1 aliphatic carbocycles. The minimum absolute atomic E-state index is 0.158. The van der Waals surface area contributed by atoms with Crippen molar-refractivity contribution in [2.24, 2.45) is 13.0 Å². The summed E-state index contributed by atoms with van der Waals surface area (Å²) in [7, 11) is 3.43. The van der Waals surface area contributed by atoms with Crippen molar-refractivity contribution >= 4 is 23.5 Å². The second-order valence-corrected chi connectivity index (χ2v) is 11.2. The number of aliphatic hydroxyl groups excluding tert-OH is 1. The van der Waals surface area contributed by atoms with Gasteiger partial charge in [-0.3, -0.25) is 14.3 Å². The molecule has 0 unspecified atom stereocenters. The summed E-state index contributed by atoms with van der Waals surface area (Å²) in [5.41, 5.74) is 1.71. The Kier molecular flexibility index (Phi) is 9.34. The number of aliphatic hydroxyl groups is 1. The maximum atomic E-state index is 13.7. The van der Waals surface area contributed by atoms with E-state index in [0.29, 0.717) is 23.6 Å². The summed E-state index contributed by atoms with van der Waals surface area (Å²) in [4.78, 5) is 43.2. The first kappa shape index (κ1) is 29.4. The third kappa shape index (κ3) is 6.57. The van der Waals surface area contributed by atoms with Crippen LogP contribution in [0.2, 0.25) is 0 Å². The van der Waals surface area contributed by atoms with Crippen molar-refractivity contribution in [2.45, 2.75) is 71.1 Å². The topological polar surface area (TPSA) is 129 Å². The van der Waals surface area contributed by atoms with Crippen LogP contribution in [-0.4, -0.2) is 87.5 Å². The molecular weight excluding hydrogens is 512 g/mol. The molecule has 4 amide bonds. The molecule has 0 saturated heterocycles. The van der Waals surface area contributed by atoms with E-state index in [1.807, 2.05) is 6.92 Å². The van der Waals surface area contributed by atoms with E-state index in [1.54, 1.807) is 62.0 Å². The molecule has 1 fully saturated rings. The van der Waals surface area contributed by atoms with E-state index in [-0.39, 0.29) is 54.3 Å². The highest BCUT2D eigenvalue weighted by Crippen LogP contribution is 2.35. The molecule has 4 rings (SSSR count). The fourth-order valence-electron chi connectivity index (χ4n) is 5.45. The first-order chi connectivity index (χ1) is 19.1. The highest BCUT2D eigenvalue weighted by Gasteiger charge is 2.35. The number of fused-ring (bicyclic) bond motifs is 1. The summed E-state index contributed by atoms with van der Waals surface area (Å²) in [5, 5.41) is 20.2. The van der Waals surface area contributed by atoms with E-state index in [9.17, 15) is 19.5 Å². The van der Waals surface area contributed by atoms with Crippen molar-refractivity contribution in [1.29, 1.82) is 0 Å². The molecule has 3 atom stereocenters. The predicted molar refractivity (Wildman–Crippen MR) is 152 cm³/mol. The summed E-state index contributed by atoms with van der Waals surface area (Å²) < 4.78 is 8.03. The number of hydrogen-bond donors (Lipinski definition) is 3. The molecule has 1 aromatic heterocycles. The summed E-state index contributed by atoms with van der Waals surface area (Å²) in [6.45, 7) is 5.99. The van der Waals surface area contributed by atoms with Gasteiger partial charge in [-0.2, -0.15) is 5.10 Å². The van der Waals surface area contributed by atoms with Crippen LogP contribution in [0.3, 0.4) is 0 Å². The fraction of sp³-hybridized carbons (Fsp3) is 0.586. The first-order valence-electron chi connectivity index (χ1n) is 14.1. The minimum atomic E-state index is -0.487. The number of hydrogen-bond acceptors (Lipinski definition) is 6. The van der Waals surface area contributed by atoms with Gasteiger partial charge >= 0.3 is 6.03 Å². The number of likely N-dealkylation sites (N-methyl/N-ethyl adjacent to an activating group) is 1. The highest BCUT2D eigenvalue weighted by atomic mass is 16.5. The van der Waals surface area contributed by atoms with Gasteiger partial charge in [-0.05, 0) is 44.9 Å². The van der Waals surface area contributed by atoms with Crippen LogP contribution in [-0.2, 0) is 7.05 Å². The van der Waals surface area contributed by atoms with Crippen LogP contribution >= 0.6 is 0 Å². The summed E-state index contributed by atoms with van der Waals surface area (Å²) >= 11 is 0. The molecule has 11 nitrogen and oxygen atoms in total. The number of benzene rings is 1. The van der Waals surface area contributed by atoms with E-state index in [0.717, 1.165) is 25.7 Å². The van der Waals surface area contributed by atoms with Gasteiger partial charge in [-0.15, -0.1) is 0 Å². The van der Waals surface area contributed by atoms with Crippen molar-refractivity contribution in [3.05, 3.63) is 41.2 Å². The van der Waals surface area contributed by atoms with Crippen LogP contribution in [0.1, 0.15) is 72.5 Å². The summed E-state index contributed by atoms with van der Waals surface area (Å²) in [6.07, 6.45) is 4.92. The Balaban J connectivity index is 1.63. The van der Waals surface area contributed by atoms with Crippen LogP contribution in [0.15, 0.2) is 24.3 Å². The number of nitrogens with one attached hydrogen (secondary N) is 2. The second kappa shape index (κ2) is 12.7. The molecule has 0 spiro atoms. The van der Waals surface area contributed by atoms with Crippen molar-refractivity contribution in [2.75, 3.05) is 32.1 Å². The number of nitrogens with zero attached hydrogens (tertiary/aromatic N) is 4. The number of ether oxygens (including phenoxy) is 1. The maximum absolute atomic E-state index is 13.7. The van der Waals surface area contributed by atoms with Gasteiger partial charge in [0.1, 0.15) is 11.8 Å². The maximum Gasteiger partial charge on any atom is 0.317 e. The van der Waals surface area contributed by atoms with Crippen LogP contribution < -0.4 is 15.4 Å². The molecule has 2 aromatic rings. The Hall–Kier alpha value is -3.60. The summed E-state index contributed by atoms with van der Waals surface area (Å²) in [6, 6.07) is 6.32. The lowest BCUT2D eigenvalue weighted by Crippen LogP contribution is -2.52. The lowest BCUT2D eigenvalue weighted by Gasteiger charge is -2.38. The molecule has 40 heavy (non-hydrogen) atoms. The molecule has 218 valence electrons. The van der Waals surface area contributed by atoms with Crippen LogP contribution in [0, 0.1) is 12.8 Å². The molecule has 1 saturated carbocycles. The fourth-order valence-corrected chi connectivity index (χ4v) is 5.45. The Labute approximate surface area is 235 Å². The van der Waals surface area contributed by atoms with Gasteiger partial charge in [0.2, 0.25) is 0 Å². The van der Waals surface area contributed by atoms with Crippen LogP contribution in [0.5, 0.6) is 5.75 Å². The molecular formula is C29H42N6O5. The monoisotopic (exact) mass is 554 g/mol. The molecule has 1 aliphatic heterocycles. The van der Waals surface area contributed by atoms with Gasteiger partial charge in [0, 0.05) is 32.6 Å². The lowest BCUT2D eigenvalue weighted by molar-refractivity contribution is 0.0367. The van der Waals surface area contributed by atoms with E-state index in [2.05, 4.69) is 15.7 Å². The van der Waals surface area contributed by atoms with E-state index < -0.39 is 12.1 Å². The summed E-state index contributed by atoms with van der Waals surface area (Å²) in [5.74, 6) is -0.617. The Morgan fingerprint density at radius 2 is 1.98 bits per heavy atom. The molecule has 3 N–H and O–H groups in total. The van der Waals surface area contributed by atoms with E-state index in [1.165, 1.54) is 11.1 Å². The van der Waals surface area contributed by atoms with Gasteiger partial charge in [0.05, 0.1) is 36.1 Å². The molecule has 1 aromatic carbocycles. The standard InChI is InChI=1S/C29H42N6O5/c1-18-15-35(20(3)17-36)28(38)22-12-9-13-23(31-27(37)24-14-19(2)32-34(24)5)26(22)40-25(18)16-33(4)29(39)30-21-10-7-6-8-11-21/h9,12-14,18,20-21,25,36H,6-8,10-11,15-17H2,1-5H3,(H,30,39)(H,31,37)/t18-,20-,25+/m0/s1. The third-order valence-electron chi connectivity index (χ3n) is 7.91. The number of amides is 4. The number of anilines is 1. The average molecular weight is 555 g/mol. The molecule has 0 bridgehead atoms. The second-order valence-electron chi connectivity index (χ2n) is 11.2. The average Bonchev–Trinajstić information content (AvgIpc) is 3.28. The van der Waals surface area contributed by atoms with Crippen molar-refractivity contribution in [3.8, 4) is 5.75 Å². The van der Waals surface area contributed by atoms with E-state index >= 15 is 0 Å². The zero-order valence-electron chi connectivity index (χ0n) is 24.1. The van der Waals surface area contributed by atoms with Crippen molar-refractivity contribution in [3.63, 3.8) is 0 Å². The Morgan fingerprint density at radius 3 is 2.62 bits per heavy atom. The van der Waals surface area contributed by atoms with Gasteiger partial charge in [-0.1, -0.05) is 32.3 Å². The SMILES string of the molecule is Cc1cc(C(=O)Nc2cccc3c2O[C@H](CN(C)C(=O)NC2CCCCC2)[C@@H](C)CN([C@@H](C)CO)C3=O)n(C)n1. The first-order valence-corrected chi connectivity index (χ1v) is 14.1. The number of aromatic nitrogens is 2. The number of aryl methyl sites for hydroxylation is 2. The lowest BCUT2D eigenvalue weighted by atomic mass is 9.96. The predicted octanol–water partition coefficient (Wildman–Crippen LogP) is 3.18.